The summed E-state index contributed by atoms with van der Waals surface area (Å²) in [5, 5.41) is 6.43. The van der Waals surface area contributed by atoms with E-state index >= 15 is 0 Å². The van der Waals surface area contributed by atoms with Gasteiger partial charge in [-0.1, -0.05) is 32.6 Å². The van der Waals surface area contributed by atoms with Gasteiger partial charge in [-0.05, 0) is 6.42 Å². The zero-order valence-electron chi connectivity index (χ0n) is 12.9. The molecule has 9 heteroatoms. The summed E-state index contributed by atoms with van der Waals surface area (Å²) in [7, 11) is -4.77. The van der Waals surface area contributed by atoms with Crippen LogP contribution in [0, 0.1) is 0 Å². The summed E-state index contributed by atoms with van der Waals surface area (Å²) in [4.78, 5) is 21.8. The molecule has 0 saturated heterocycles. The van der Waals surface area contributed by atoms with E-state index in [1.807, 2.05) is 0 Å². The first-order valence-corrected chi connectivity index (χ1v) is 7.64. The number of aliphatic carboxylic acids is 1. The molecule has 114 valence electrons. The molecule has 0 aromatic heterocycles. The SMILES string of the molecule is CCCCCCCOC(=O)C(CC(=O)O)S(=O)(=O)O.[H-].[Na+]. The molecule has 0 saturated carbocycles. The molecule has 0 amide bonds. The fraction of sp³-hybridized carbons (Fsp3) is 0.818. The van der Waals surface area contributed by atoms with E-state index in [2.05, 4.69) is 11.7 Å². The number of carboxylic acid groups (broad SMARTS) is 1. The molecule has 2 N–H and O–H groups in total. The smallest absolute Gasteiger partial charge is 1.00 e. The van der Waals surface area contributed by atoms with E-state index in [0.29, 0.717) is 6.42 Å². The Bertz CT molecular complexity index is 399. The van der Waals surface area contributed by atoms with E-state index < -0.39 is 33.7 Å². The molecule has 0 aromatic carbocycles. The van der Waals surface area contributed by atoms with Gasteiger partial charge in [0.2, 0.25) is 0 Å². The molecule has 1 unspecified atom stereocenters. The molecule has 0 aliphatic rings. The van der Waals surface area contributed by atoms with Crippen LogP contribution in [0.1, 0.15) is 46.9 Å². The summed E-state index contributed by atoms with van der Waals surface area (Å²) in [5.41, 5.74) is 0. The van der Waals surface area contributed by atoms with Crippen molar-refractivity contribution in [1.82, 2.24) is 0 Å². The first kappa shape index (κ1) is 22.1. The minimum atomic E-state index is -4.77. The minimum Gasteiger partial charge on any atom is -1.00 e. The van der Waals surface area contributed by atoms with Gasteiger partial charge in [0.1, 0.15) is 0 Å². The van der Waals surface area contributed by atoms with Gasteiger partial charge in [-0.2, -0.15) is 8.42 Å². The van der Waals surface area contributed by atoms with Gasteiger partial charge < -0.3 is 11.3 Å². The predicted molar refractivity (Wildman–Crippen MR) is 68.4 cm³/mol. The number of carboxylic acids is 1. The molecule has 0 aromatic rings. The van der Waals surface area contributed by atoms with Crippen molar-refractivity contribution >= 4 is 22.1 Å². The number of esters is 1. The predicted octanol–water partition coefficient (Wildman–Crippen LogP) is -1.65. The quantitative estimate of drug-likeness (QED) is 0.214. The number of unbranched alkanes of at least 4 members (excludes halogenated alkanes) is 4. The summed E-state index contributed by atoms with van der Waals surface area (Å²) < 4.78 is 35.2. The Hall–Kier alpha value is -0.150. The third kappa shape index (κ3) is 10.6. The van der Waals surface area contributed by atoms with Crippen LogP contribution in [0.2, 0.25) is 0 Å². The number of ether oxygens (including phenoxy) is 1. The van der Waals surface area contributed by atoms with E-state index in [9.17, 15) is 18.0 Å². The molecule has 20 heavy (non-hydrogen) atoms. The second-order valence-electron chi connectivity index (χ2n) is 4.18. The Balaban J connectivity index is -0.00000162. The summed E-state index contributed by atoms with van der Waals surface area (Å²) in [6, 6.07) is 0. The van der Waals surface area contributed by atoms with Crippen molar-refractivity contribution in [3.8, 4) is 0 Å². The van der Waals surface area contributed by atoms with Crippen molar-refractivity contribution in [3.05, 3.63) is 0 Å². The molecule has 0 aliphatic carbocycles. The van der Waals surface area contributed by atoms with Crippen molar-refractivity contribution < 1.29 is 63.4 Å². The van der Waals surface area contributed by atoms with Crippen LogP contribution in [0.4, 0.5) is 0 Å². The zero-order valence-corrected chi connectivity index (χ0v) is 14.7. The molecular formula is C11H21NaO7S. The van der Waals surface area contributed by atoms with E-state index in [1.54, 1.807) is 0 Å². The average Bonchev–Trinajstić information content (AvgIpc) is 2.28. The molecule has 0 heterocycles. The maximum atomic E-state index is 11.4. The van der Waals surface area contributed by atoms with Gasteiger partial charge in [-0.15, -0.1) is 0 Å². The third-order valence-corrected chi connectivity index (χ3v) is 3.55. The Morgan fingerprint density at radius 2 is 1.75 bits per heavy atom. The summed E-state index contributed by atoms with van der Waals surface area (Å²) in [6.45, 7) is 2.08. The number of hydrogen-bond donors (Lipinski definition) is 2. The van der Waals surface area contributed by atoms with Crippen LogP contribution >= 0.6 is 0 Å². The van der Waals surface area contributed by atoms with Crippen molar-refractivity contribution in [2.75, 3.05) is 6.61 Å². The van der Waals surface area contributed by atoms with Crippen molar-refractivity contribution in [1.29, 1.82) is 0 Å². The fourth-order valence-corrected chi connectivity index (χ4v) is 2.10. The van der Waals surface area contributed by atoms with Gasteiger partial charge in [-0.25, -0.2) is 0 Å². The Morgan fingerprint density at radius 1 is 1.20 bits per heavy atom. The topological polar surface area (TPSA) is 118 Å². The summed E-state index contributed by atoms with van der Waals surface area (Å²) in [6.07, 6.45) is 3.55. The zero-order chi connectivity index (χ0) is 14.9. The first-order valence-electron chi connectivity index (χ1n) is 6.13. The molecule has 0 rings (SSSR count). The van der Waals surface area contributed by atoms with Crippen LogP contribution in [0.15, 0.2) is 0 Å². The number of rotatable bonds is 10. The largest absolute Gasteiger partial charge is 1.00 e. The van der Waals surface area contributed by atoms with Gasteiger partial charge in [0.15, 0.2) is 5.25 Å². The average molecular weight is 320 g/mol. The molecule has 0 aliphatic heterocycles. The molecule has 1 atom stereocenters. The van der Waals surface area contributed by atoms with E-state index in [1.165, 1.54) is 0 Å². The summed E-state index contributed by atoms with van der Waals surface area (Å²) in [5.74, 6) is -2.72. The Kier molecular flexibility index (Phi) is 12.7. The normalized spacial score (nSPS) is 12.3. The molecule has 0 fully saturated rings. The van der Waals surface area contributed by atoms with Gasteiger partial charge in [0.05, 0.1) is 13.0 Å². The van der Waals surface area contributed by atoms with Crippen molar-refractivity contribution in [2.45, 2.75) is 50.7 Å². The number of hydrogen-bond acceptors (Lipinski definition) is 5. The van der Waals surface area contributed by atoms with Gasteiger partial charge in [-0.3, -0.25) is 14.1 Å². The fourth-order valence-electron chi connectivity index (χ4n) is 1.44. The second kappa shape index (κ2) is 11.5. The first-order chi connectivity index (χ1) is 8.79. The minimum absolute atomic E-state index is 0. The maximum absolute atomic E-state index is 11.4. The Labute approximate surface area is 142 Å². The Morgan fingerprint density at radius 3 is 2.20 bits per heavy atom. The molecule has 0 radical (unpaired) electrons. The van der Waals surface area contributed by atoms with Crippen molar-refractivity contribution in [2.24, 2.45) is 0 Å². The van der Waals surface area contributed by atoms with Gasteiger partial charge >= 0.3 is 41.5 Å². The van der Waals surface area contributed by atoms with E-state index in [0.717, 1.165) is 25.7 Å². The second-order valence-corrected chi connectivity index (χ2v) is 5.78. The number of carbonyl (C=O) groups excluding carboxylic acids is 1. The van der Waals surface area contributed by atoms with Crippen LogP contribution in [0.5, 0.6) is 0 Å². The third-order valence-electron chi connectivity index (χ3n) is 2.47. The van der Waals surface area contributed by atoms with E-state index in [-0.39, 0.29) is 37.6 Å². The van der Waals surface area contributed by atoms with Gasteiger partial charge in [0, 0.05) is 0 Å². The molecule has 7 nitrogen and oxygen atoms in total. The van der Waals surface area contributed by atoms with Crippen LogP contribution < -0.4 is 29.6 Å². The number of carbonyl (C=O) groups is 2. The standard InChI is InChI=1S/C11H20O7S.Na.H/c1-2-3-4-5-6-7-18-11(14)9(8-10(12)13)19(15,16)17;;/h9H,2-8H2,1H3,(H,12,13)(H,15,16,17);;/q;+1;-1. The molecule has 0 spiro atoms. The van der Waals surface area contributed by atoms with Gasteiger partial charge in [0.25, 0.3) is 10.1 Å². The molecular weight excluding hydrogens is 299 g/mol. The monoisotopic (exact) mass is 320 g/mol. The van der Waals surface area contributed by atoms with Crippen LogP contribution in [-0.2, 0) is 24.4 Å². The maximum Gasteiger partial charge on any atom is 1.00 e. The molecule has 0 bridgehead atoms. The van der Waals surface area contributed by atoms with Crippen molar-refractivity contribution in [3.63, 3.8) is 0 Å². The van der Waals surface area contributed by atoms with Crippen LogP contribution in [0.3, 0.4) is 0 Å². The summed E-state index contributed by atoms with van der Waals surface area (Å²) >= 11 is 0. The van der Waals surface area contributed by atoms with Crippen LogP contribution in [-0.4, -0.2) is 41.9 Å². The van der Waals surface area contributed by atoms with Crippen LogP contribution in [0.25, 0.3) is 0 Å². The van der Waals surface area contributed by atoms with E-state index in [4.69, 9.17) is 9.66 Å².